The third-order valence-electron chi connectivity index (χ3n) is 3.91. The van der Waals surface area contributed by atoms with E-state index in [1.54, 1.807) is 12.1 Å². The summed E-state index contributed by atoms with van der Waals surface area (Å²) in [5, 5.41) is 8.29. The highest BCUT2D eigenvalue weighted by molar-refractivity contribution is 7.89. The first-order valence-corrected chi connectivity index (χ1v) is 8.60. The van der Waals surface area contributed by atoms with Crippen LogP contribution in [-0.2, 0) is 29.6 Å². The monoisotopic (exact) mass is 340 g/mol. The maximum absolute atomic E-state index is 12.2. The molecule has 124 valence electrons. The Morgan fingerprint density at radius 1 is 1.17 bits per heavy atom. The minimum atomic E-state index is -3.83. The van der Waals surface area contributed by atoms with Gasteiger partial charge in [0, 0.05) is 12.8 Å². The van der Waals surface area contributed by atoms with Crippen LogP contribution in [0.5, 0.6) is 0 Å². The quantitative estimate of drug-likeness (QED) is 0.658. The van der Waals surface area contributed by atoms with E-state index in [4.69, 9.17) is 9.78 Å². The van der Waals surface area contributed by atoms with Gasteiger partial charge in [0.05, 0.1) is 4.90 Å². The highest BCUT2D eigenvalue weighted by Crippen LogP contribution is 2.36. The van der Waals surface area contributed by atoms with Gasteiger partial charge in [0.15, 0.2) is 5.60 Å². The van der Waals surface area contributed by atoms with Crippen molar-refractivity contribution in [2.75, 3.05) is 0 Å². The molecular weight excluding hydrogens is 324 g/mol. The van der Waals surface area contributed by atoms with Gasteiger partial charge in [-0.2, -0.15) is 18.1 Å². The number of nitrogens with zero attached hydrogens (tertiary/aromatic N) is 1. The summed E-state index contributed by atoms with van der Waals surface area (Å²) in [5.74, 6) is 0.0893. The second-order valence-electron chi connectivity index (χ2n) is 5.59. The Hall–Kier alpha value is -1.97. The summed E-state index contributed by atoms with van der Waals surface area (Å²) in [6.07, 6.45) is 1.26. The molecular formula is C14H16N2O6S. The Morgan fingerprint density at radius 2 is 1.83 bits per heavy atom. The van der Waals surface area contributed by atoms with Crippen LogP contribution in [0.1, 0.15) is 31.2 Å². The van der Waals surface area contributed by atoms with Gasteiger partial charge in [-0.1, -0.05) is 17.7 Å². The van der Waals surface area contributed by atoms with E-state index < -0.39 is 15.6 Å². The van der Waals surface area contributed by atoms with Gasteiger partial charge >= 0.3 is 0 Å². The van der Waals surface area contributed by atoms with Crippen LogP contribution in [0.15, 0.2) is 34.3 Å². The Bertz CT molecular complexity index is 731. The topological polar surface area (TPSA) is 103 Å². The lowest BCUT2D eigenvalue weighted by molar-refractivity contribution is -0.462. The molecule has 2 fully saturated rings. The lowest BCUT2D eigenvalue weighted by Gasteiger charge is -2.25. The van der Waals surface area contributed by atoms with Crippen molar-refractivity contribution in [2.45, 2.75) is 43.1 Å². The third kappa shape index (κ3) is 3.21. The lowest BCUT2D eigenvalue weighted by atomic mass is 9.84. The van der Waals surface area contributed by atoms with Crippen molar-refractivity contribution in [3.05, 3.63) is 29.8 Å². The van der Waals surface area contributed by atoms with Crippen molar-refractivity contribution in [1.82, 2.24) is 4.83 Å². The average Bonchev–Trinajstić information content (AvgIpc) is 2.92. The summed E-state index contributed by atoms with van der Waals surface area (Å²) in [6, 6.07) is 6.34. The molecule has 3 rings (SSSR count). The number of Topliss-reactive ketones (excluding diaryl/α,β-unsaturated/α-hetero) is 1. The van der Waals surface area contributed by atoms with Crippen LogP contribution in [0.4, 0.5) is 0 Å². The van der Waals surface area contributed by atoms with E-state index in [9.17, 15) is 13.2 Å². The molecule has 1 N–H and O–H groups in total. The summed E-state index contributed by atoms with van der Waals surface area (Å²) in [5.41, 5.74) is -0.0639. The number of hydrogen-bond donors (Lipinski definition) is 1. The molecule has 1 aromatic rings. The number of benzene rings is 1. The second-order valence-corrected chi connectivity index (χ2v) is 7.25. The SMILES string of the molecule is Cc1ccc(S(=O)(=O)NN=C2OOOC23CCC(=O)CC3)cc1. The molecule has 0 aromatic heterocycles. The molecule has 1 aromatic carbocycles. The van der Waals surface area contributed by atoms with Crippen LogP contribution in [-0.4, -0.2) is 25.7 Å². The first kappa shape index (κ1) is 15.9. The number of hydrogen-bond acceptors (Lipinski definition) is 7. The van der Waals surface area contributed by atoms with E-state index in [0.717, 1.165) is 5.56 Å². The lowest BCUT2D eigenvalue weighted by Crippen LogP contribution is -2.41. The van der Waals surface area contributed by atoms with Crippen molar-refractivity contribution in [3.63, 3.8) is 0 Å². The zero-order chi connectivity index (χ0) is 16.5. The van der Waals surface area contributed by atoms with Crippen LogP contribution in [0, 0.1) is 6.92 Å². The number of hydrazone groups is 1. The Labute approximate surface area is 133 Å². The van der Waals surface area contributed by atoms with Gasteiger partial charge in [-0.05, 0) is 36.9 Å². The van der Waals surface area contributed by atoms with E-state index in [-0.39, 0.29) is 16.6 Å². The molecule has 1 saturated heterocycles. The van der Waals surface area contributed by atoms with Crippen molar-refractivity contribution in [3.8, 4) is 0 Å². The Morgan fingerprint density at radius 3 is 2.48 bits per heavy atom. The minimum Gasteiger partial charge on any atom is -0.300 e. The summed E-state index contributed by atoms with van der Waals surface area (Å²) in [4.78, 5) is 23.5. The maximum Gasteiger partial charge on any atom is 0.288 e. The summed E-state index contributed by atoms with van der Waals surface area (Å²) >= 11 is 0. The number of carbonyl (C=O) groups is 1. The fourth-order valence-electron chi connectivity index (χ4n) is 2.45. The standard InChI is InChI=1S/C14H16N2O6S/c1-10-2-4-12(5-3-10)23(18,19)16-15-13-14(21-22-20-13)8-6-11(17)7-9-14/h2-5,16H,6-9H2,1H3. The van der Waals surface area contributed by atoms with E-state index in [0.29, 0.717) is 25.7 Å². The largest absolute Gasteiger partial charge is 0.300 e. The highest BCUT2D eigenvalue weighted by Gasteiger charge is 2.49. The fraction of sp³-hybridized carbons (Fsp3) is 0.429. The van der Waals surface area contributed by atoms with Gasteiger partial charge in [-0.3, -0.25) is 9.68 Å². The predicted octanol–water partition coefficient (Wildman–Crippen LogP) is 1.36. The van der Waals surface area contributed by atoms with Gasteiger partial charge in [0.2, 0.25) is 0 Å². The predicted molar refractivity (Wildman–Crippen MR) is 78.4 cm³/mol. The van der Waals surface area contributed by atoms with E-state index in [2.05, 4.69) is 15.0 Å². The Kier molecular flexibility index (Phi) is 4.09. The summed E-state index contributed by atoms with van der Waals surface area (Å²) < 4.78 is 24.4. The van der Waals surface area contributed by atoms with Crippen LogP contribution >= 0.6 is 0 Å². The molecule has 1 spiro atoms. The summed E-state index contributed by atoms with van der Waals surface area (Å²) in [7, 11) is -3.83. The third-order valence-corrected chi connectivity index (χ3v) is 5.13. The van der Waals surface area contributed by atoms with Gasteiger partial charge in [0.1, 0.15) is 5.78 Å². The van der Waals surface area contributed by atoms with Crippen molar-refractivity contribution >= 4 is 21.7 Å². The molecule has 0 unspecified atom stereocenters. The molecule has 1 heterocycles. The average molecular weight is 340 g/mol. The van der Waals surface area contributed by atoms with Gasteiger partial charge in [-0.15, -0.1) is 5.10 Å². The molecule has 9 heteroatoms. The number of rotatable bonds is 3. The van der Waals surface area contributed by atoms with Crippen molar-refractivity contribution < 1.29 is 28.0 Å². The number of sulfonamides is 1. The molecule has 2 aliphatic rings. The van der Waals surface area contributed by atoms with Gasteiger partial charge in [0.25, 0.3) is 15.9 Å². The molecule has 8 nitrogen and oxygen atoms in total. The van der Waals surface area contributed by atoms with Crippen LogP contribution in [0.25, 0.3) is 0 Å². The molecule has 0 radical (unpaired) electrons. The fourth-order valence-corrected chi connectivity index (χ4v) is 3.25. The second kappa shape index (κ2) is 5.91. The highest BCUT2D eigenvalue weighted by atomic mass is 32.2. The normalized spacial score (nSPS) is 22.3. The van der Waals surface area contributed by atoms with Crippen LogP contribution in [0.3, 0.4) is 0 Å². The molecule has 1 aliphatic heterocycles. The minimum absolute atomic E-state index is 0.0271. The van der Waals surface area contributed by atoms with Crippen LogP contribution in [0.2, 0.25) is 0 Å². The zero-order valence-corrected chi connectivity index (χ0v) is 13.3. The first-order chi connectivity index (χ1) is 10.9. The molecule has 0 atom stereocenters. The van der Waals surface area contributed by atoms with E-state index in [1.807, 2.05) is 6.92 Å². The zero-order valence-electron chi connectivity index (χ0n) is 12.4. The number of carbonyl (C=O) groups excluding carboxylic acids is 1. The molecule has 0 bridgehead atoms. The van der Waals surface area contributed by atoms with E-state index in [1.165, 1.54) is 12.1 Å². The number of aryl methyl sites for hydroxylation is 1. The van der Waals surface area contributed by atoms with Crippen molar-refractivity contribution in [1.29, 1.82) is 0 Å². The molecule has 1 aliphatic carbocycles. The Balaban J connectivity index is 1.78. The molecule has 23 heavy (non-hydrogen) atoms. The summed E-state index contributed by atoms with van der Waals surface area (Å²) in [6.45, 7) is 1.86. The number of ketones is 1. The maximum atomic E-state index is 12.2. The van der Waals surface area contributed by atoms with E-state index >= 15 is 0 Å². The first-order valence-electron chi connectivity index (χ1n) is 7.12. The number of nitrogens with one attached hydrogen (secondary N) is 1. The molecule has 0 amide bonds. The van der Waals surface area contributed by atoms with Gasteiger partial charge < -0.3 is 0 Å². The molecule has 1 saturated carbocycles. The smallest absolute Gasteiger partial charge is 0.288 e. The van der Waals surface area contributed by atoms with Crippen molar-refractivity contribution in [2.24, 2.45) is 5.10 Å². The van der Waals surface area contributed by atoms with Crippen LogP contribution < -0.4 is 4.83 Å². The van der Waals surface area contributed by atoms with Gasteiger partial charge in [-0.25, -0.2) is 0 Å².